The third-order valence-electron chi connectivity index (χ3n) is 3.36. The van der Waals surface area contributed by atoms with Crippen LogP contribution in [0.15, 0.2) is 60.7 Å². The molecule has 3 nitrogen and oxygen atoms in total. The van der Waals surface area contributed by atoms with Gasteiger partial charge in [-0.05, 0) is 17.7 Å². The van der Waals surface area contributed by atoms with Crippen LogP contribution in [-0.2, 0) is 15.3 Å². The molecule has 0 aliphatic carbocycles. The summed E-state index contributed by atoms with van der Waals surface area (Å²) >= 11 is 0. The van der Waals surface area contributed by atoms with E-state index in [4.69, 9.17) is 9.47 Å². The minimum atomic E-state index is -1.14. The zero-order chi connectivity index (χ0) is 14.0. The van der Waals surface area contributed by atoms with Gasteiger partial charge < -0.3 is 9.47 Å². The van der Waals surface area contributed by atoms with Crippen molar-refractivity contribution >= 4 is 12.0 Å². The second kappa shape index (κ2) is 4.94. The number of cyclic esters (lactones) is 1. The van der Waals surface area contributed by atoms with E-state index in [1.807, 2.05) is 54.6 Å². The van der Waals surface area contributed by atoms with Crippen LogP contribution in [0.3, 0.4) is 0 Å². The molecule has 0 saturated heterocycles. The van der Waals surface area contributed by atoms with E-state index in [1.165, 1.54) is 7.11 Å². The maximum atomic E-state index is 11.9. The van der Waals surface area contributed by atoms with Gasteiger partial charge in [-0.25, -0.2) is 4.79 Å². The summed E-state index contributed by atoms with van der Waals surface area (Å²) in [5, 5.41) is 0. The van der Waals surface area contributed by atoms with Gasteiger partial charge >= 0.3 is 5.97 Å². The summed E-state index contributed by atoms with van der Waals surface area (Å²) in [4.78, 5) is 11.9. The molecule has 0 bridgehead atoms. The Morgan fingerprint density at radius 3 is 2.50 bits per heavy atom. The maximum absolute atomic E-state index is 11.9. The number of methoxy groups -OCH3 is 1. The highest BCUT2D eigenvalue weighted by Gasteiger charge is 2.43. The molecule has 3 heteroatoms. The van der Waals surface area contributed by atoms with Gasteiger partial charge in [-0.2, -0.15) is 0 Å². The first-order valence-electron chi connectivity index (χ1n) is 6.37. The number of ether oxygens (including phenoxy) is 2. The lowest BCUT2D eigenvalue weighted by Crippen LogP contribution is -2.25. The maximum Gasteiger partial charge on any atom is 0.341 e. The summed E-state index contributed by atoms with van der Waals surface area (Å²) in [6.07, 6.45) is 3.66. The van der Waals surface area contributed by atoms with Crippen molar-refractivity contribution in [2.24, 2.45) is 0 Å². The molecule has 0 aromatic heterocycles. The summed E-state index contributed by atoms with van der Waals surface area (Å²) in [5.74, 6) is -1.50. The monoisotopic (exact) mass is 266 g/mol. The minimum Gasteiger partial charge on any atom is -0.421 e. The number of benzene rings is 2. The van der Waals surface area contributed by atoms with Gasteiger partial charge in [0.25, 0.3) is 5.79 Å². The van der Waals surface area contributed by atoms with E-state index >= 15 is 0 Å². The summed E-state index contributed by atoms with van der Waals surface area (Å²) in [5.41, 5.74) is 2.30. The van der Waals surface area contributed by atoms with E-state index in [9.17, 15) is 4.79 Å². The number of carbonyl (C=O) groups excluding carboxylic acids is 1. The van der Waals surface area contributed by atoms with Gasteiger partial charge in [-0.15, -0.1) is 0 Å². The van der Waals surface area contributed by atoms with E-state index in [0.717, 1.165) is 11.1 Å². The van der Waals surface area contributed by atoms with E-state index in [1.54, 1.807) is 12.1 Å². The molecule has 0 N–H and O–H groups in total. The normalized spacial score (nSPS) is 20.9. The molecular formula is C17H14O3. The van der Waals surface area contributed by atoms with Crippen LogP contribution < -0.4 is 0 Å². The number of esters is 1. The Kier molecular flexibility index (Phi) is 3.12. The lowest BCUT2D eigenvalue weighted by atomic mass is 10.0. The fourth-order valence-corrected chi connectivity index (χ4v) is 2.33. The van der Waals surface area contributed by atoms with Crippen LogP contribution in [0.25, 0.3) is 6.08 Å². The molecule has 3 rings (SSSR count). The molecule has 1 atom stereocenters. The average Bonchev–Trinajstić information content (AvgIpc) is 2.80. The Morgan fingerprint density at radius 2 is 1.75 bits per heavy atom. The van der Waals surface area contributed by atoms with Crippen molar-refractivity contribution in [1.82, 2.24) is 0 Å². The quantitative estimate of drug-likeness (QED) is 0.799. The summed E-state index contributed by atoms with van der Waals surface area (Å²) in [6.45, 7) is 0. The fraction of sp³-hybridized carbons (Fsp3) is 0.118. The largest absolute Gasteiger partial charge is 0.421 e. The fourth-order valence-electron chi connectivity index (χ4n) is 2.33. The molecule has 20 heavy (non-hydrogen) atoms. The second-order valence-corrected chi connectivity index (χ2v) is 4.55. The molecule has 0 fully saturated rings. The van der Waals surface area contributed by atoms with Gasteiger partial charge in [0.2, 0.25) is 0 Å². The minimum absolute atomic E-state index is 0.361. The van der Waals surface area contributed by atoms with Gasteiger partial charge in [-0.1, -0.05) is 54.6 Å². The van der Waals surface area contributed by atoms with E-state index in [0.29, 0.717) is 5.56 Å². The van der Waals surface area contributed by atoms with Gasteiger partial charge in [0.15, 0.2) is 0 Å². The highest BCUT2D eigenvalue weighted by atomic mass is 16.7. The van der Waals surface area contributed by atoms with E-state index < -0.39 is 5.79 Å². The van der Waals surface area contributed by atoms with Crippen LogP contribution >= 0.6 is 0 Å². The lowest BCUT2D eigenvalue weighted by Gasteiger charge is -2.23. The summed E-state index contributed by atoms with van der Waals surface area (Å²) in [6, 6.07) is 17.1. The van der Waals surface area contributed by atoms with Crippen molar-refractivity contribution < 1.29 is 14.3 Å². The third kappa shape index (κ3) is 2.02. The highest BCUT2D eigenvalue weighted by Crippen LogP contribution is 2.38. The Balaban J connectivity index is 2.02. The molecule has 0 saturated carbocycles. The second-order valence-electron chi connectivity index (χ2n) is 4.55. The van der Waals surface area contributed by atoms with Crippen LogP contribution in [0.4, 0.5) is 0 Å². The standard InChI is InChI=1S/C17H14O3/c1-19-17(12-11-13-7-3-2-4-8-13)15-10-6-5-9-14(15)16(18)20-17/h2-12H,1H3. The average molecular weight is 266 g/mol. The molecule has 1 aliphatic rings. The number of hydrogen-bond acceptors (Lipinski definition) is 3. The van der Waals surface area contributed by atoms with E-state index in [2.05, 4.69) is 0 Å². The molecule has 0 amide bonds. The molecule has 1 aliphatic heterocycles. The number of fused-ring (bicyclic) bond motifs is 1. The predicted octanol–water partition coefficient (Wildman–Crippen LogP) is 3.37. The van der Waals surface area contributed by atoms with Crippen LogP contribution in [0.2, 0.25) is 0 Å². The zero-order valence-corrected chi connectivity index (χ0v) is 11.1. The molecule has 2 aromatic rings. The van der Waals surface area contributed by atoms with Crippen LogP contribution in [0.1, 0.15) is 21.5 Å². The van der Waals surface area contributed by atoms with Gasteiger partial charge in [0.05, 0.1) is 5.56 Å². The Hall–Kier alpha value is -2.39. The van der Waals surface area contributed by atoms with Crippen LogP contribution in [-0.4, -0.2) is 13.1 Å². The van der Waals surface area contributed by atoms with Crippen molar-refractivity contribution in [2.45, 2.75) is 5.79 Å². The highest BCUT2D eigenvalue weighted by molar-refractivity contribution is 5.95. The van der Waals surface area contributed by atoms with Crippen LogP contribution in [0.5, 0.6) is 0 Å². The van der Waals surface area contributed by atoms with Gasteiger partial charge in [0.1, 0.15) is 0 Å². The smallest absolute Gasteiger partial charge is 0.341 e. The topological polar surface area (TPSA) is 35.5 Å². The molecular weight excluding hydrogens is 252 g/mol. The third-order valence-corrected chi connectivity index (χ3v) is 3.36. The molecule has 1 heterocycles. The molecule has 1 unspecified atom stereocenters. The van der Waals surface area contributed by atoms with Crippen molar-refractivity contribution in [2.75, 3.05) is 7.11 Å². The predicted molar refractivity (Wildman–Crippen MR) is 76.0 cm³/mol. The van der Waals surface area contributed by atoms with Crippen molar-refractivity contribution in [3.05, 3.63) is 77.4 Å². The van der Waals surface area contributed by atoms with Gasteiger partial charge in [-0.3, -0.25) is 0 Å². The SMILES string of the molecule is COC1(C=Cc2ccccc2)OC(=O)c2ccccc21. The van der Waals surface area contributed by atoms with E-state index in [-0.39, 0.29) is 5.97 Å². The van der Waals surface area contributed by atoms with Crippen LogP contribution in [0, 0.1) is 0 Å². The Labute approximate surface area is 117 Å². The van der Waals surface area contributed by atoms with Gasteiger partial charge in [0, 0.05) is 12.7 Å². The van der Waals surface area contributed by atoms with Crippen molar-refractivity contribution in [1.29, 1.82) is 0 Å². The molecule has 2 aromatic carbocycles. The molecule has 0 radical (unpaired) electrons. The zero-order valence-electron chi connectivity index (χ0n) is 11.1. The first-order valence-corrected chi connectivity index (χ1v) is 6.37. The summed E-state index contributed by atoms with van der Waals surface area (Å²) in [7, 11) is 1.53. The van der Waals surface area contributed by atoms with Crippen molar-refractivity contribution in [3.63, 3.8) is 0 Å². The number of carbonyl (C=O) groups is 1. The first-order chi connectivity index (χ1) is 9.75. The van der Waals surface area contributed by atoms with Crippen molar-refractivity contribution in [3.8, 4) is 0 Å². The summed E-state index contributed by atoms with van der Waals surface area (Å²) < 4.78 is 10.9. The Morgan fingerprint density at radius 1 is 1.05 bits per heavy atom. The first kappa shape index (κ1) is 12.6. The lowest BCUT2D eigenvalue weighted by molar-refractivity contribution is -0.148. The number of hydrogen-bond donors (Lipinski definition) is 0. The molecule has 0 spiro atoms. The Bertz CT molecular complexity index is 661. The number of rotatable bonds is 3. The molecule has 100 valence electrons.